The number of hydrogen-bond donors (Lipinski definition) is 1. The second-order valence-electron chi connectivity index (χ2n) is 5.48. The van der Waals surface area contributed by atoms with Gasteiger partial charge in [0.15, 0.2) is 5.69 Å². The minimum atomic E-state index is 0.0582. The molecule has 0 aliphatic heterocycles. The maximum absolute atomic E-state index is 12.8. The van der Waals surface area contributed by atoms with Gasteiger partial charge in [0.1, 0.15) is 4.88 Å². The number of aromatic nitrogens is 1. The summed E-state index contributed by atoms with van der Waals surface area (Å²) in [5.74, 6) is 0.0582. The summed E-state index contributed by atoms with van der Waals surface area (Å²) in [6.45, 7) is 9.79. The lowest BCUT2D eigenvalue weighted by atomic mass is 10.1. The number of nitrogens with one attached hydrogen (secondary N) is 1. The van der Waals surface area contributed by atoms with Gasteiger partial charge in [-0.05, 0) is 25.3 Å². The summed E-state index contributed by atoms with van der Waals surface area (Å²) >= 11 is 1.47. The van der Waals surface area contributed by atoms with Crippen LogP contribution in [0.25, 0.3) is 10.2 Å². The number of carbonyl (C=O) groups excluding carboxylic acids is 1. The fourth-order valence-electron chi connectivity index (χ4n) is 2.69. The predicted molar refractivity (Wildman–Crippen MR) is 88.8 cm³/mol. The Morgan fingerprint density at radius 2 is 1.90 bits per heavy atom. The van der Waals surface area contributed by atoms with E-state index in [0.717, 1.165) is 47.4 Å². The average Bonchev–Trinajstić information content (AvgIpc) is 2.74. The number of hydrogen-bond acceptors (Lipinski definition) is 3. The van der Waals surface area contributed by atoms with Crippen LogP contribution in [0.15, 0.2) is 6.07 Å². The number of aryl methyl sites for hydroxylation is 2. The number of rotatable bonds is 5. The van der Waals surface area contributed by atoms with E-state index in [-0.39, 0.29) is 5.91 Å². The summed E-state index contributed by atoms with van der Waals surface area (Å²) in [6.07, 6.45) is 1.92. The van der Waals surface area contributed by atoms with Gasteiger partial charge in [-0.25, -0.2) is 0 Å². The van der Waals surface area contributed by atoms with Crippen LogP contribution in [0.3, 0.4) is 0 Å². The van der Waals surface area contributed by atoms with Crippen molar-refractivity contribution in [1.29, 1.82) is 0 Å². The van der Waals surface area contributed by atoms with Gasteiger partial charge >= 0.3 is 0 Å². The molecule has 0 radical (unpaired) electrons. The first-order valence-corrected chi connectivity index (χ1v) is 8.32. The van der Waals surface area contributed by atoms with E-state index in [2.05, 4.69) is 24.9 Å². The Kier molecular flexibility index (Phi) is 4.83. The largest absolute Gasteiger partial charge is 0.397 e. The fraction of sp³-hybridized carbons (Fsp3) is 0.500. The van der Waals surface area contributed by atoms with Crippen molar-refractivity contribution >= 4 is 33.1 Å². The zero-order valence-electron chi connectivity index (χ0n) is 13.2. The zero-order chi connectivity index (χ0) is 15.6. The molecule has 4 nitrogen and oxygen atoms in total. The lowest BCUT2D eigenvalue weighted by Crippen LogP contribution is -2.32. The van der Waals surface area contributed by atoms with Gasteiger partial charge in [-0.3, -0.25) is 4.79 Å². The van der Waals surface area contributed by atoms with Crippen molar-refractivity contribution in [2.24, 2.45) is 0 Å². The third-order valence-corrected chi connectivity index (χ3v) is 4.66. The van der Waals surface area contributed by atoms with Crippen molar-refractivity contribution in [3.05, 3.63) is 22.2 Å². The van der Waals surface area contributed by atoms with Gasteiger partial charge in [-0.15, -0.1) is 0 Å². The highest BCUT2D eigenvalue weighted by atomic mass is 32.1. The van der Waals surface area contributed by atoms with E-state index in [1.165, 1.54) is 11.3 Å². The van der Waals surface area contributed by atoms with E-state index >= 15 is 0 Å². The average molecular weight is 306 g/mol. The number of aromatic amines is 1. The molecular formula is C16H24N3OS+. The molecule has 0 spiro atoms. The van der Waals surface area contributed by atoms with E-state index in [1.807, 2.05) is 18.7 Å². The molecule has 0 atom stereocenters. The molecular weight excluding hydrogens is 282 g/mol. The molecule has 2 heterocycles. The highest BCUT2D eigenvalue weighted by Crippen LogP contribution is 2.34. The van der Waals surface area contributed by atoms with Crippen molar-refractivity contribution in [3.8, 4) is 0 Å². The minimum absolute atomic E-state index is 0.0582. The first-order chi connectivity index (χ1) is 9.99. The molecule has 2 aromatic heterocycles. The highest BCUT2D eigenvalue weighted by molar-refractivity contribution is 7.20. The minimum Gasteiger partial charge on any atom is -0.397 e. The summed E-state index contributed by atoms with van der Waals surface area (Å²) in [4.78, 5) is 19.6. The number of nitrogens with two attached hydrogens (primary N) is 1. The van der Waals surface area contributed by atoms with Crippen LogP contribution in [-0.4, -0.2) is 23.9 Å². The monoisotopic (exact) mass is 306 g/mol. The molecule has 0 aliphatic rings. The van der Waals surface area contributed by atoms with Crippen LogP contribution in [0.4, 0.5) is 5.69 Å². The molecule has 3 N–H and O–H groups in total. The number of nitrogens with zero attached hydrogens (tertiary/aromatic N) is 1. The molecule has 2 aromatic rings. The number of amides is 1. The Morgan fingerprint density at radius 1 is 1.29 bits per heavy atom. The van der Waals surface area contributed by atoms with Gasteiger partial charge in [0.2, 0.25) is 0 Å². The summed E-state index contributed by atoms with van der Waals surface area (Å²) in [5, 5.41) is 0.988. The van der Waals surface area contributed by atoms with Crippen LogP contribution in [0.2, 0.25) is 0 Å². The standard InChI is InChI=1S/C16H23N3OS/c1-5-7-19(8-6-2)16(20)14-13(17)12-10(3)9-11(4)18-15(12)21-14/h9H,5-8,17H2,1-4H3/p+1. The van der Waals surface area contributed by atoms with Crippen LogP contribution in [-0.2, 0) is 0 Å². The van der Waals surface area contributed by atoms with E-state index < -0.39 is 0 Å². The number of anilines is 1. The van der Waals surface area contributed by atoms with Gasteiger partial charge in [-0.2, -0.15) is 4.98 Å². The van der Waals surface area contributed by atoms with Crippen LogP contribution in [0.1, 0.15) is 47.6 Å². The van der Waals surface area contributed by atoms with Crippen molar-refractivity contribution < 1.29 is 9.78 Å². The van der Waals surface area contributed by atoms with Crippen LogP contribution >= 0.6 is 11.3 Å². The van der Waals surface area contributed by atoms with Crippen LogP contribution in [0, 0.1) is 13.8 Å². The van der Waals surface area contributed by atoms with Gasteiger partial charge in [0.25, 0.3) is 10.7 Å². The van der Waals surface area contributed by atoms with Crippen molar-refractivity contribution in [1.82, 2.24) is 4.90 Å². The maximum Gasteiger partial charge on any atom is 0.270 e. The Balaban J connectivity index is 2.48. The topological polar surface area (TPSA) is 60.5 Å². The Hall–Kier alpha value is -1.62. The number of fused-ring (bicyclic) bond motifs is 1. The molecule has 0 unspecified atom stereocenters. The number of carbonyl (C=O) groups is 1. The Labute approximate surface area is 130 Å². The first kappa shape index (κ1) is 15.8. The van der Waals surface area contributed by atoms with E-state index in [1.54, 1.807) is 0 Å². The molecule has 0 aliphatic carbocycles. The van der Waals surface area contributed by atoms with Crippen molar-refractivity contribution in [2.75, 3.05) is 18.8 Å². The van der Waals surface area contributed by atoms with E-state index in [4.69, 9.17) is 5.73 Å². The molecule has 2 rings (SSSR count). The molecule has 21 heavy (non-hydrogen) atoms. The summed E-state index contributed by atoms with van der Waals surface area (Å²) in [5.41, 5.74) is 9.08. The number of thiophene rings is 1. The third kappa shape index (κ3) is 3.02. The number of nitrogen functional groups attached to an aromatic ring is 1. The lowest BCUT2D eigenvalue weighted by molar-refractivity contribution is -0.351. The predicted octanol–water partition coefficient (Wildman–Crippen LogP) is 3.18. The fourth-order valence-corrected chi connectivity index (χ4v) is 3.91. The quantitative estimate of drug-likeness (QED) is 0.922. The van der Waals surface area contributed by atoms with E-state index in [9.17, 15) is 4.79 Å². The maximum atomic E-state index is 12.8. The molecule has 0 bridgehead atoms. The van der Waals surface area contributed by atoms with E-state index in [0.29, 0.717) is 10.6 Å². The van der Waals surface area contributed by atoms with Crippen LogP contribution < -0.4 is 10.7 Å². The molecule has 0 aromatic carbocycles. The molecule has 0 saturated heterocycles. The smallest absolute Gasteiger partial charge is 0.270 e. The van der Waals surface area contributed by atoms with Crippen LogP contribution in [0.5, 0.6) is 0 Å². The normalized spacial score (nSPS) is 11.0. The zero-order valence-corrected chi connectivity index (χ0v) is 14.1. The SMILES string of the molecule is CCCN(CCC)C(=O)c1sc2[nH+]c(C)cc(C)c2c1N. The third-order valence-electron chi connectivity index (χ3n) is 3.55. The van der Waals surface area contributed by atoms with Gasteiger partial charge in [0, 0.05) is 26.1 Å². The Morgan fingerprint density at radius 3 is 2.48 bits per heavy atom. The molecule has 5 heteroatoms. The molecule has 1 amide bonds. The second kappa shape index (κ2) is 6.43. The van der Waals surface area contributed by atoms with Gasteiger partial charge < -0.3 is 10.6 Å². The van der Waals surface area contributed by atoms with Gasteiger partial charge in [-0.1, -0.05) is 25.2 Å². The summed E-state index contributed by atoms with van der Waals surface area (Å²) in [6, 6.07) is 2.07. The van der Waals surface area contributed by atoms with Crippen molar-refractivity contribution in [3.63, 3.8) is 0 Å². The second-order valence-corrected chi connectivity index (χ2v) is 6.50. The lowest BCUT2D eigenvalue weighted by Gasteiger charge is -2.20. The summed E-state index contributed by atoms with van der Waals surface area (Å²) < 4.78 is 0. The Bertz CT molecular complexity index is 657. The number of pyridine rings is 1. The molecule has 0 fully saturated rings. The summed E-state index contributed by atoms with van der Waals surface area (Å²) in [7, 11) is 0. The highest BCUT2D eigenvalue weighted by Gasteiger charge is 2.25. The molecule has 0 saturated carbocycles. The first-order valence-electron chi connectivity index (χ1n) is 7.50. The number of H-pyrrole nitrogens is 1. The van der Waals surface area contributed by atoms with Gasteiger partial charge in [0.05, 0.1) is 11.1 Å². The van der Waals surface area contributed by atoms with Crippen molar-refractivity contribution in [2.45, 2.75) is 40.5 Å². The molecule has 114 valence electrons.